The molecule has 0 aliphatic carbocycles. The van der Waals surface area contributed by atoms with Gasteiger partial charge in [-0.15, -0.1) is 0 Å². The molecule has 0 bridgehead atoms. The van der Waals surface area contributed by atoms with Crippen molar-refractivity contribution in [3.63, 3.8) is 0 Å². The lowest BCUT2D eigenvalue weighted by atomic mass is 10.5. The van der Waals surface area contributed by atoms with E-state index in [1.807, 2.05) is 0 Å². The standard InChI is InChI=1S/C5H8NO/c1-4-5(7)6(2)3/h4H,1-2H2,3H3/q-1. The molecular formula is C5H8NO-. The van der Waals surface area contributed by atoms with Crippen LogP contribution in [0.5, 0.6) is 0 Å². The smallest absolute Gasteiger partial charge is 0.216 e. The van der Waals surface area contributed by atoms with Gasteiger partial charge in [0, 0.05) is 0 Å². The van der Waals surface area contributed by atoms with Gasteiger partial charge < -0.3 is 4.90 Å². The Balaban J connectivity index is 3.56. The number of hydrogen-bond acceptors (Lipinski definition) is 1. The van der Waals surface area contributed by atoms with E-state index in [1.54, 1.807) is 7.05 Å². The van der Waals surface area contributed by atoms with E-state index >= 15 is 0 Å². The SMILES string of the molecule is C=CC(=O)N([CH2-])C. The molecule has 0 fully saturated rings. The summed E-state index contributed by atoms with van der Waals surface area (Å²) >= 11 is 0. The van der Waals surface area contributed by atoms with Crippen molar-refractivity contribution < 1.29 is 4.79 Å². The zero-order valence-corrected chi connectivity index (χ0v) is 4.35. The van der Waals surface area contributed by atoms with Gasteiger partial charge in [0.1, 0.15) is 0 Å². The summed E-state index contributed by atoms with van der Waals surface area (Å²) in [5.74, 6) is -0.167. The van der Waals surface area contributed by atoms with Gasteiger partial charge >= 0.3 is 0 Å². The van der Waals surface area contributed by atoms with Crippen LogP contribution < -0.4 is 0 Å². The molecule has 1 amide bonds. The normalized spacial score (nSPS) is 7.71. The molecule has 2 heteroatoms. The monoisotopic (exact) mass is 98.1 g/mol. The van der Waals surface area contributed by atoms with Gasteiger partial charge in [0.05, 0.1) is 0 Å². The summed E-state index contributed by atoms with van der Waals surface area (Å²) in [6.45, 7) is 3.25. The van der Waals surface area contributed by atoms with Crippen molar-refractivity contribution in [2.24, 2.45) is 0 Å². The van der Waals surface area contributed by atoms with Gasteiger partial charge in [-0.2, -0.15) is 0 Å². The number of amides is 1. The Labute approximate surface area is 43.4 Å². The van der Waals surface area contributed by atoms with Gasteiger partial charge in [0.25, 0.3) is 0 Å². The molecule has 0 atom stereocenters. The highest BCUT2D eigenvalue weighted by atomic mass is 16.2. The molecule has 0 aromatic heterocycles. The van der Waals surface area contributed by atoms with Crippen LogP contribution in [0.1, 0.15) is 0 Å². The summed E-state index contributed by atoms with van der Waals surface area (Å²) in [7, 11) is 4.90. The molecule has 40 valence electrons. The van der Waals surface area contributed by atoms with Gasteiger partial charge in [0.2, 0.25) is 5.91 Å². The van der Waals surface area contributed by atoms with E-state index in [0.717, 1.165) is 0 Å². The van der Waals surface area contributed by atoms with Crippen molar-refractivity contribution in [3.05, 3.63) is 19.7 Å². The van der Waals surface area contributed by atoms with Crippen LogP contribution in [0.25, 0.3) is 0 Å². The Hall–Kier alpha value is -0.790. The molecule has 0 N–H and O–H groups in total. The summed E-state index contributed by atoms with van der Waals surface area (Å²) in [4.78, 5) is 11.5. The average molecular weight is 98.1 g/mol. The highest BCUT2D eigenvalue weighted by molar-refractivity contribution is 5.86. The van der Waals surface area contributed by atoms with Crippen molar-refractivity contribution in [3.8, 4) is 0 Å². The van der Waals surface area contributed by atoms with Crippen LogP contribution in [-0.4, -0.2) is 17.9 Å². The molecular weight excluding hydrogens is 90.1 g/mol. The first-order chi connectivity index (χ1) is 3.18. The van der Waals surface area contributed by atoms with Crippen LogP contribution >= 0.6 is 0 Å². The molecule has 0 aliphatic rings. The molecule has 0 heterocycles. The molecule has 2 nitrogen and oxygen atoms in total. The van der Waals surface area contributed by atoms with E-state index in [-0.39, 0.29) is 5.91 Å². The molecule has 0 aromatic rings. The summed E-state index contributed by atoms with van der Waals surface area (Å²) in [6.07, 6.45) is 1.22. The minimum atomic E-state index is -0.167. The molecule has 7 heavy (non-hydrogen) atoms. The maximum absolute atomic E-state index is 10.3. The maximum Gasteiger partial charge on any atom is 0.216 e. The third-order valence-electron chi connectivity index (χ3n) is 0.551. The average Bonchev–Trinajstić information content (AvgIpc) is 1.65. The molecule has 0 spiro atoms. The van der Waals surface area contributed by atoms with E-state index in [1.165, 1.54) is 11.0 Å². The summed E-state index contributed by atoms with van der Waals surface area (Å²) < 4.78 is 0. The first-order valence-electron chi connectivity index (χ1n) is 1.89. The van der Waals surface area contributed by atoms with Gasteiger partial charge in [-0.1, -0.05) is 6.58 Å². The van der Waals surface area contributed by atoms with Crippen molar-refractivity contribution in [2.45, 2.75) is 0 Å². The lowest BCUT2D eigenvalue weighted by Gasteiger charge is -2.14. The molecule has 0 rings (SSSR count). The lowest BCUT2D eigenvalue weighted by molar-refractivity contribution is -0.122. The Kier molecular flexibility index (Phi) is 2.12. The maximum atomic E-state index is 10.3. The first kappa shape index (κ1) is 6.21. The van der Waals surface area contributed by atoms with Crippen molar-refractivity contribution in [1.29, 1.82) is 0 Å². The second-order valence-corrected chi connectivity index (χ2v) is 1.24. The van der Waals surface area contributed by atoms with Crippen LogP contribution in [-0.2, 0) is 4.79 Å². The van der Waals surface area contributed by atoms with Gasteiger partial charge in [-0.25, -0.2) is 0 Å². The second kappa shape index (κ2) is 2.39. The van der Waals surface area contributed by atoms with Gasteiger partial charge in [-0.3, -0.25) is 11.8 Å². The lowest BCUT2D eigenvalue weighted by Crippen LogP contribution is -2.15. The topological polar surface area (TPSA) is 20.3 Å². The number of carbonyl (C=O) groups is 1. The summed E-state index contributed by atoms with van der Waals surface area (Å²) in [6, 6.07) is 0. The van der Waals surface area contributed by atoms with Gasteiger partial charge in [-0.05, 0) is 13.1 Å². The van der Waals surface area contributed by atoms with E-state index in [2.05, 4.69) is 13.6 Å². The van der Waals surface area contributed by atoms with E-state index < -0.39 is 0 Å². The fourth-order valence-electron chi connectivity index (χ4n) is 0.156. The van der Waals surface area contributed by atoms with Crippen LogP contribution in [0.4, 0.5) is 0 Å². The van der Waals surface area contributed by atoms with Crippen LogP contribution in [0, 0.1) is 7.05 Å². The van der Waals surface area contributed by atoms with Crippen molar-refractivity contribution in [1.82, 2.24) is 4.90 Å². The highest BCUT2D eigenvalue weighted by Gasteiger charge is 1.84. The fourth-order valence-corrected chi connectivity index (χ4v) is 0.156. The number of nitrogens with zero attached hydrogens (tertiary/aromatic N) is 1. The Morgan fingerprint density at radius 1 is 2.00 bits per heavy atom. The van der Waals surface area contributed by atoms with Crippen molar-refractivity contribution in [2.75, 3.05) is 7.05 Å². The predicted octanol–water partition coefficient (Wildman–Crippen LogP) is 0.422. The summed E-state index contributed by atoms with van der Waals surface area (Å²) in [5, 5.41) is 0. The Morgan fingerprint density at radius 2 is 2.43 bits per heavy atom. The van der Waals surface area contributed by atoms with Crippen LogP contribution in [0.15, 0.2) is 12.7 Å². The Bertz CT molecular complexity index is 86.1. The minimum absolute atomic E-state index is 0.167. The van der Waals surface area contributed by atoms with Gasteiger partial charge in [0.15, 0.2) is 0 Å². The molecule has 0 radical (unpaired) electrons. The third-order valence-corrected chi connectivity index (χ3v) is 0.551. The number of carbonyl (C=O) groups excluding carboxylic acids is 1. The quantitative estimate of drug-likeness (QED) is 0.344. The van der Waals surface area contributed by atoms with Crippen LogP contribution in [0.3, 0.4) is 0 Å². The molecule has 0 unspecified atom stereocenters. The molecule has 0 aromatic carbocycles. The third kappa shape index (κ3) is 1.98. The predicted molar refractivity (Wildman–Crippen MR) is 28.3 cm³/mol. The first-order valence-corrected chi connectivity index (χ1v) is 1.89. The fraction of sp³-hybridized carbons (Fsp3) is 0.200. The highest BCUT2D eigenvalue weighted by Crippen LogP contribution is 1.77. The van der Waals surface area contributed by atoms with E-state index in [9.17, 15) is 4.79 Å². The van der Waals surface area contributed by atoms with Crippen LogP contribution in [0.2, 0.25) is 0 Å². The number of rotatable bonds is 1. The second-order valence-electron chi connectivity index (χ2n) is 1.24. The number of likely N-dealkylation sites (N-methyl/N-ethyl adjacent to an activating group) is 1. The molecule has 0 saturated carbocycles. The van der Waals surface area contributed by atoms with Crippen molar-refractivity contribution >= 4 is 5.91 Å². The zero-order chi connectivity index (χ0) is 5.86. The minimum Gasteiger partial charge on any atom is -0.495 e. The van der Waals surface area contributed by atoms with E-state index in [0.29, 0.717) is 0 Å². The Morgan fingerprint density at radius 3 is 2.43 bits per heavy atom. The zero-order valence-electron chi connectivity index (χ0n) is 4.35. The van der Waals surface area contributed by atoms with E-state index in [4.69, 9.17) is 0 Å². The molecule has 0 saturated heterocycles. The molecule has 0 aliphatic heterocycles. The largest absolute Gasteiger partial charge is 0.495 e. The summed E-state index contributed by atoms with van der Waals surface area (Å²) in [5.41, 5.74) is 0. The number of hydrogen-bond donors (Lipinski definition) is 0.